The van der Waals surface area contributed by atoms with Crippen molar-refractivity contribution in [2.45, 2.75) is 19.4 Å². The van der Waals surface area contributed by atoms with Gasteiger partial charge >= 0.3 is 0 Å². The molecule has 0 saturated carbocycles. The first-order chi connectivity index (χ1) is 10.6. The molecule has 4 nitrogen and oxygen atoms in total. The maximum atomic E-state index is 13.3. The molecule has 3 rings (SSSR count). The number of piperazine rings is 1. The van der Waals surface area contributed by atoms with E-state index < -0.39 is 0 Å². The molecule has 132 valence electrons. The molecule has 1 N–H and O–H groups in total. The first-order valence-electron chi connectivity index (χ1n) is 7.34. The average Bonchev–Trinajstić information content (AvgIpc) is 2.96. The van der Waals surface area contributed by atoms with Crippen LogP contribution < -0.4 is 5.32 Å². The molecule has 1 saturated heterocycles. The molecular weight excluding hydrogens is 372 g/mol. The second-order valence-corrected chi connectivity index (χ2v) is 6.33. The number of rotatable bonds is 3. The number of hydrogen-bond donors (Lipinski definition) is 1. The third-order valence-electron chi connectivity index (χ3n) is 3.78. The first-order valence-corrected chi connectivity index (χ1v) is 8.22. The van der Waals surface area contributed by atoms with Gasteiger partial charge in [-0.15, -0.1) is 36.2 Å². The Hall–Kier alpha value is -1.21. The van der Waals surface area contributed by atoms with E-state index in [4.69, 9.17) is 0 Å². The molecule has 0 radical (unpaired) electrons. The molecule has 24 heavy (non-hydrogen) atoms. The van der Waals surface area contributed by atoms with E-state index in [0.717, 1.165) is 35.9 Å². The second kappa shape index (κ2) is 9.32. The Kier molecular flexibility index (Phi) is 8.09. The van der Waals surface area contributed by atoms with Gasteiger partial charge in [0.05, 0.1) is 12.1 Å². The smallest absolute Gasteiger partial charge is 0.228 e. The summed E-state index contributed by atoms with van der Waals surface area (Å²) >= 11 is 1.44. The number of aromatic nitrogens is 1. The van der Waals surface area contributed by atoms with Crippen molar-refractivity contribution < 1.29 is 9.18 Å². The lowest BCUT2D eigenvalue weighted by Gasteiger charge is -2.33. The number of nitrogens with zero attached hydrogens (tertiary/aromatic N) is 2. The molecule has 1 fully saturated rings. The molecule has 0 aliphatic carbocycles. The van der Waals surface area contributed by atoms with Crippen LogP contribution in [0.2, 0.25) is 0 Å². The van der Waals surface area contributed by atoms with E-state index >= 15 is 0 Å². The highest BCUT2D eigenvalue weighted by molar-refractivity contribution is 7.13. The quantitative estimate of drug-likeness (QED) is 0.873. The Morgan fingerprint density at radius 2 is 2.25 bits per heavy atom. The fourth-order valence-corrected chi connectivity index (χ4v) is 3.43. The monoisotopic (exact) mass is 391 g/mol. The molecule has 0 bridgehead atoms. The summed E-state index contributed by atoms with van der Waals surface area (Å²) in [6, 6.07) is 6.57. The van der Waals surface area contributed by atoms with Crippen LogP contribution in [0.25, 0.3) is 10.6 Å². The lowest BCUT2D eigenvalue weighted by Crippen LogP contribution is -2.52. The number of benzene rings is 1. The van der Waals surface area contributed by atoms with Gasteiger partial charge in [0.2, 0.25) is 5.91 Å². The minimum atomic E-state index is -0.278. The van der Waals surface area contributed by atoms with Crippen LogP contribution in [-0.2, 0) is 11.2 Å². The molecule has 1 atom stereocenters. The number of carbonyl (C=O) groups excluding carboxylic acids is 1. The maximum Gasteiger partial charge on any atom is 0.228 e. The maximum absolute atomic E-state index is 13.3. The van der Waals surface area contributed by atoms with Crippen LogP contribution in [0.1, 0.15) is 12.6 Å². The highest BCUT2D eigenvalue weighted by Gasteiger charge is 2.23. The molecule has 8 heteroatoms. The van der Waals surface area contributed by atoms with E-state index in [1.54, 1.807) is 6.07 Å². The number of hydrogen-bond acceptors (Lipinski definition) is 4. The van der Waals surface area contributed by atoms with E-state index in [2.05, 4.69) is 10.3 Å². The molecular formula is C16H20Cl2FN3OS. The van der Waals surface area contributed by atoms with Gasteiger partial charge in [0.1, 0.15) is 10.8 Å². The predicted octanol–water partition coefficient (Wildman–Crippen LogP) is 3.16. The highest BCUT2D eigenvalue weighted by atomic mass is 35.5. The molecule has 1 aliphatic rings. The Bertz CT molecular complexity index is 683. The SMILES string of the molecule is CC1CNCCN1C(=O)Cc1csc(-c2cccc(F)c2)n1.Cl.Cl. The van der Waals surface area contributed by atoms with Gasteiger partial charge in [0, 0.05) is 36.6 Å². The Morgan fingerprint density at radius 3 is 2.96 bits per heavy atom. The standard InChI is InChI=1S/C16H18FN3OS.2ClH/c1-11-9-18-5-6-20(11)15(21)8-14-10-22-16(19-14)12-3-2-4-13(17)7-12;;/h2-4,7,10-11,18H,5-6,8-9H2,1H3;2*1H. The summed E-state index contributed by atoms with van der Waals surface area (Å²) in [4.78, 5) is 18.8. The number of carbonyl (C=O) groups is 1. The van der Waals surface area contributed by atoms with E-state index in [0.29, 0.717) is 6.42 Å². The van der Waals surface area contributed by atoms with Crippen LogP contribution in [0.15, 0.2) is 29.6 Å². The molecule has 2 aromatic rings. The minimum absolute atomic E-state index is 0. The molecule has 1 aliphatic heterocycles. The zero-order valence-corrected chi connectivity index (χ0v) is 15.6. The average molecular weight is 392 g/mol. The van der Waals surface area contributed by atoms with Gasteiger partial charge in [0.25, 0.3) is 0 Å². The summed E-state index contributed by atoms with van der Waals surface area (Å²) in [5, 5.41) is 5.90. The first kappa shape index (κ1) is 20.8. The number of nitrogens with one attached hydrogen (secondary N) is 1. The third kappa shape index (κ3) is 4.89. The van der Waals surface area contributed by atoms with Crippen molar-refractivity contribution in [3.8, 4) is 10.6 Å². The van der Waals surface area contributed by atoms with Crippen LogP contribution in [0.5, 0.6) is 0 Å². The van der Waals surface area contributed by atoms with Gasteiger partial charge in [-0.25, -0.2) is 9.37 Å². The lowest BCUT2D eigenvalue weighted by molar-refractivity contribution is -0.133. The Morgan fingerprint density at radius 1 is 1.46 bits per heavy atom. The normalized spacial score (nSPS) is 16.9. The largest absolute Gasteiger partial charge is 0.337 e. The van der Waals surface area contributed by atoms with Crippen molar-refractivity contribution in [2.24, 2.45) is 0 Å². The molecule has 1 unspecified atom stereocenters. The van der Waals surface area contributed by atoms with E-state index in [1.165, 1.54) is 23.5 Å². The van der Waals surface area contributed by atoms with Gasteiger partial charge in [-0.1, -0.05) is 12.1 Å². The second-order valence-electron chi connectivity index (χ2n) is 5.47. The number of thiazole rings is 1. The third-order valence-corrected chi connectivity index (χ3v) is 4.72. The molecule has 1 amide bonds. The summed E-state index contributed by atoms with van der Waals surface area (Å²) < 4.78 is 13.3. The van der Waals surface area contributed by atoms with Gasteiger partial charge in [-0.05, 0) is 19.1 Å². The van der Waals surface area contributed by atoms with Crippen molar-refractivity contribution in [1.29, 1.82) is 0 Å². The van der Waals surface area contributed by atoms with Crippen LogP contribution in [0.3, 0.4) is 0 Å². The Balaban J connectivity index is 0.00000144. The van der Waals surface area contributed by atoms with E-state index in [9.17, 15) is 9.18 Å². The van der Waals surface area contributed by atoms with Crippen molar-refractivity contribution in [2.75, 3.05) is 19.6 Å². The van der Waals surface area contributed by atoms with Gasteiger partial charge in [-0.3, -0.25) is 4.79 Å². The summed E-state index contributed by atoms with van der Waals surface area (Å²) in [6.07, 6.45) is 0.302. The van der Waals surface area contributed by atoms with Crippen molar-refractivity contribution in [3.63, 3.8) is 0 Å². The molecule has 2 heterocycles. The van der Waals surface area contributed by atoms with Crippen molar-refractivity contribution in [3.05, 3.63) is 41.2 Å². The molecule has 0 spiro atoms. The van der Waals surface area contributed by atoms with Gasteiger partial charge in [-0.2, -0.15) is 0 Å². The zero-order valence-electron chi connectivity index (χ0n) is 13.2. The molecule has 1 aromatic carbocycles. The van der Waals surface area contributed by atoms with Crippen molar-refractivity contribution >= 4 is 42.1 Å². The van der Waals surface area contributed by atoms with Crippen molar-refractivity contribution in [1.82, 2.24) is 15.2 Å². The van der Waals surface area contributed by atoms with Crippen LogP contribution in [-0.4, -0.2) is 41.5 Å². The van der Waals surface area contributed by atoms with E-state index in [-0.39, 0.29) is 42.6 Å². The lowest BCUT2D eigenvalue weighted by atomic mass is 10.2. The highest BCUT2D eigenvalue weighted by Crippen LogP contribution is 2.24. The number of amides is 1. The minimum Gasteiger partial charge on any atom is -0.337 e. The molecule has 1 aromatic heterocycles. The Labute approximate surface area is 157 Å². The fourth-order valence-electron chi connectivity index (χ4n) is 2.61. The van der Waals surface area contributed by atoms with E-state index in [1.807, 2.05) is 23.3 Å². The van der Waals surface area contributed by atoms with Crippen LogP contribution in [0, 0.1) is 5.82 Å². The fraction of sp³-hybridized carbons (Fsp3) is 0.375. The summed E-state index contributed by atoms with van der Waals surface area (Å²) in [6.45, 7) is 4.45. The topological polar surface area (TPSA) is 45.2 Å². The van der Waals surface area contributed by atoms with Crippen LogP contribution in [0.4, 0.5) is 4.39 Å². The van der Waals surface area contributed by atoms with Gasteiger partial charge < -0.3 is 10.2 Å². The summed E-state index contributed by atoms with van der Waals surface area (Å²) in [7, 11) is 0. The zero-order chi connectivity index (χ0) is 15.5. The predicted molar refractivity (Wildman–Crippen MR) is 99.8 cm³/mol. The van der Waals surface area contributed by atoms with Crippen LogP contribution >= 0.6 is 36.2 Å². The summed E-state index contributed by atoms with van der Waals surface area (Å²) in [5.74, 6) is -0.176. The van der Waals surface area contributed by atoms with Gasteiger partial charge in [0.15, 0.2) is 0 Å². The summed E-state index contributed by atoms with van der Waals surface area (Å²) in [5.41, 5.74) is 1.50. The number of halogens is 3.